The van der Waals surface area contributed by atoms with Gasteiger partial charge in [0.15, 0.2) is 5.96 Å². The van der Waals surface area contributed by atoms with Crippen LogP contribution in [-0.4, -0.2) is 64.1 Å². The number of guanidine groups is 1. The predicted octanol–water partition coefficient (Wildman–Crippen LogP) is 2.96. The summed E-state index contributed by atoms with van der Waals surface area (Å²) in [7, 11) is 0. The van der Waals surface area contributed by atoms with E-state index in [0.717, 1.165) is 51.1 Å². The monoisotopic (exact) mass is 506 g/mol. The number of aliphatic imine (C=N–C) groups is 1. The van der Waals surface area contributed by atoms with Crippen molar-refractivity contribution in [2.45, 2.75) is 32.5 Å². The van der Waals surface area contributed by atoms with E-state index in [0.29, 0.717) is 12.6 Å². The second kappa shape index (κ2) is 10.8. The Labute approximate surface area is 190 Å². The van der Waals surface area contributed by atoms with Gasteiger partial charge in [-0.2, -0.15) is 0 Å². The van der Waals surface area contributed by atoms with Gasteiger partial charge in [-0.15, -0.1) is 24.0 Å². The van der Waals surface area contributed by atoms with Crippen LogP contribution in [0.15, 0.2) is 59.9 Å². The van der Waals surface area contributed by atoms with E-state index in [2.05, 4.69) is 68.0 Å². The molecule has 4 rings (SSSR count). The molecule has 1 aromatic heterocycles. The van der Waals surface area contributed by atoms with E-state index in [4.69, 9.17) is 4.99 Å². The summed E-state index contributed by atoms with van der Waals surface area (Å²) < 4.78 is 2.19. The van der Waals surface area contributed by atoms with Crippen molar-refractivity contribution >= 4 is 29.9 Å². The highest BCUT2D eigenvalue weighted by Crippen LogP contribution is 2.18. The van der Waals surface area contributed by atoms with Crippen LogP contribution in [0.1, 0.15) is 24.7 Å². The predicted molar refractivity (Wildman–Crippen MR) is 129 cm³/mol. The van der Waals surface area contributed by atoms with Gasteiger partial charge in [-0.1, -0.05) is 42.5 Å². The molecule has 1 fully saturated rings. The Morgan fingerprint density at radius 2 is 2.00 bits per heavy atom. The average molecular weight is 506 g/mol. The molecule has 156 valence electrons. The van der Waals surface area contributed by atoms with E-state index in [1.165, 1.54) is 12.0 Å². The molecule has 7 heteroatoms. The van der Waals surface area contributed by atoms with Crippen molar-refractivity contribution in [2.75, 3.05) is 32.7 Å². The van der Waals surface area contributed by atoms with Gasteiger partial charge in [-0.05, 0) is 18.9 Å². The van der Waals surface area contributed by atoms with Crippen molar-refractivity contribution in [1.82, 2.24) is 24.7 Å². The standard InChI is InChI=1S/C22H30N6.HI/c1-2-23-22(28-14-10-20(18-28)26-12-6-7-13-26)25-16-21-24-11-15-27(21)17-19-8-4-3-5-9-19;/h3-9,11,15,20H,2,10,12-14,16-18H2,1H3,(H,23,25);1H. The van der Waals surface area contributed by atoms with Crippen LogP contribution in [0.2, 0.25) is 0 Å². The molecule has 1 unspecified atom stereocenters. The number of hydrogen-bond acceptors (Lipinski definition) is 3. The lowest BCUT2D eigenvalue weighted by atomic mass is 10.2. The summed E-state index contributed by atoms with van der Waals surface area (Å²) in [6, 6.07) is 11.1. The highest BCUT2D eigenvalue weighted by molar-refractivity contribution is 14.0. The molecule has 6 nitrogen and oxygen atoms in total. The van der Waals surface area contributed by atoms with Crippen molar-refractivity contribution in [1.29, 1.82) is 0 Å². The summed E-state index contributed by atoms with van der Waals surface area (Å²) >= 11 is 0. The van der Waals surface area contributed by atoms with Gasteiger partial charge < -0.3 is 14.8 Å². The highest BCUT2D eigenvalue weighted by Gasteiger charge is 2.29. The third-order valence-corrected chi connectivity index (χ3v) is 5.53. The highest BCUT2D eigenvalue weighted by atomic mass is 127. The lowest BCUT2D eigenvalue weighted by Gasteiger charge is -2.25. The van der Waals surface area contributed by atoms with Gasteiger partial charge in [0.1, 0.15) is 12.4 Å². The van der Waals surface area contributed by atoms with Crippen LogP contribution < -0.4 is 5.32 Å². The lowest BCUT2D eigenvalue weighted by molar-refractivity contribution is 0.259. The largest absolute Gasteiger partial charge is 0.357 e. The Kier molecular flexibility index (Phi) is 8.11. The molecule has 2 aliphatic rings. The molecule has 0 aliphatic carbocycles. The Morgan fingerprint density at radius 3 is 2.76 bits per heavy atom. The first-order valence-electron chi connectivity index (χ1n) is 10.3. The summed E-state index contributed by atoms with van der Waals surface area (Å²) in [5.41, 5.74) is 1.28. The minimum atomic E-state index is 0. The maximum Gasteiger partial charge on any atom is 0.194 e. The Hall–Kier alpha value is -1.87. The fraction of sp³-hybridized carbons (Fsp3) is 0.455. The zero-order valence-electron chi connectivity index (χ0n) is 17.1. The third-order valence-electron chi connectivity index (χ3n) is 5.53. The maximum atomic E-state index is 4.92. The van der Waals surface area contributed by atoms with Crippen molar-refractivity contribution in [3.8, 4) is 0 Å². The Morgan fingerprint density at radius 1 is 1.21 bits per heavy atom. The lowest BCUT2D eigenvalue weighted by Crippen LogP contribution is -2.42. The quantitative estimate of drug-likeness (QED) is 0.284. The number of aromatic nitrogens is 2. The fourth-order valence-corrected chi connectivity index (χ4v) is 4.01. The first-order chi connectivity index (χ1) is 13.8. The van der Waals surface area contributed by atoms with Gasteiger partial charge in [0, 0.05) is 57.7 Å². The van der Waals surface area contributed by atoms with Gasteiger partial charge in [0.2, 0.25) is 0 Å². The summed E-state index contributed by atoms with van der Waals surface area (Å²) in [4.78, 5) is 14.4. The minimum absolute atomic E-state index is 0. The van der Waals surface area contributed by atoms with E-state index in [1.807, 2.05) is 18.5 Å². The first-order valence-corrected chi connectivity index (χ1v) is 10.3. The molecule has 1 N–H and O–H groups in total. The number of rotatable bonds is 6. The topological polar surface area (TPSA) is 48.7 Å². The molecule has 0 radical (unpaired) electrons. The normalized spacial score (nSPS) is 19.6. The van der Waals surface area contributed by atoms with Crippen LogP contribution in [0.4, 0.5) is 0 Å². The number of imidazole rings is 1. The van der Waals surface area contributed by atoms with E-state index in [9.17, 15) is 0 Å². The Bertz CT molecular complexity index is 808. The van der Waals surface area contributed by atoms with E-state index >= 15 is 0 Å². The van der Waals surface area contributed by atoms with E-state index < -0.39 is 0 Å². The smallest absolute Gasteiger partial charge is 0.194 e. The second-order valence-corrected chi connectivity index (χ2v) is 7.44. The molecule has 29 heavy (non-hydrogen) atoms. The minimum Gasteiger partial charge on any atom is -0.357 e. The second-order valence-electron chi connectivity index (χ2n) is 7.44. The molecule has 2 aliphatic heterocycles. The van der Waals surface area contributed by atoms with Crippen LogP contribution in [0, 0.1) is 0 Å². The number of benzene rings is 1. The van der Waals surface area contributed by atoms with Crippen LogP contribution in [0.5, 0.6) is 0 Å². The first kappa shape index (κ1) is 21.8. The summed E-state index contributed by atoms with van der Waals surface area (Å²) in [6.07, 6.45) is 9.65. The van der Waals surface area contributed by atoms with Gasteiger partial charge in [0.25, 0.3) is 0 Å². The molecule has 1 aromatic carbocycles. The molecule has 0 amide bonds. The zero-order valence-corrected chi connectivity index (χ0v) is 19.4. The maximum absolute atomic E-state index is 4.92. The molecular weight excluding hydrogens is 475 g/mol. The van der Waals surface area contributed by atoms with Gasteiger partial charge in [-0.3, -0.25) is 4.90 Å². The number of likely N-dealkylation sites (tertiary alicyclic amines) is 1. The van der Waals surface area contributed by atoms with Crippen LogP contribution in [-0.2, 0) is 13.1 Å². The summed E-state index contributed by atoms with van der Waals surface area (Å²) in [5, 5.41) is 3.47. The van der Waals surface area contributed by atoms with Crippen molar-refractivity contribution in [2.24, 2.45) is 4.99 Å². The van der Waals surface area contributed by atoms with Crippen LogP contribution in [0.3, 0.4) is 0 Å². The number of hydrogen-bond donors (Lipinski definition) is 1. The average Bonchev–Trinajstić information content (AvgIpc) is 3.47. The number of halogens is 1. The van der Waals surface area contributed by atoms with E-state index in [-0.39, 0.29) is 24.0 Å². The molecule has 3 heterocycles. The SMILES string of the molecule is CCNC(=NCc1nccn1Cc1ccccc1)N1CCC(N2CC=CC2)C1.I. The van der Waals surface area contributed by atoms with Crippen molar-refractivity contribution in [3.63, 3.8) is 0 Å². The fourth-order valence-electron chi connectivity index (χ4n) is 4.01. The molecule has 1 atom stereocenters. The van der Waals surface area contributed by atoms with Gasteiger partial charge in [0.05, 0.1) is 0 Å². The number of nitrogens with one attached hydrogen (secondary N) is 1. The molecular formula is C22H31IN6. The third kappa shape index (κ3) is 5.60. The van der Waals surface area contributed by atoms with Crippen LogP contribution >= 0.6 is 24.0 Å². The Balaban J connectivity index is 0.00000240. The van der Waals surface area contributed by atoms with Gasteiger partial charge >= 0.3 is 0 Å². The zero-order chi connectivity index (χ0) is 19.2. The van der Waals surface area contributed by atoms with Crippen LogP contribution in [0.25, 0.3) is 0 Å². The van der Waals surface area contributed by atoms with Gasteiger partial charge in [-0.25, -0.2) is 9.98 Å². The number of nitrogens with zero attached hydrogens (tertiary/aromatic N) is 5. The molecule has 0 spiro atoms. The molecule has 2 aromatic rings. The summed E-state index contributed by atoms with van der Waals surface area (Å²) in [5.74, 6) is 2.00. The summed E-state index contributed by atoms with van der Waals surface area (Å²) in [6.45, 7) is 8.71. The molecule has 1 saturated heterocycles. The van der Waals surface area contributed by atoms with Crippen molar-refractivity contribution in [3.05, 3.63) is 66.3 Å². The molecule has 0 saturated carbocycles. The van der Waals surface area contributed by atoms with E-state index in [1.54, 1.807) is 0 Å². The van der Waals surface area contributed by atoms with Crippen molar-refractivity contribution < 1.29 is 0 Å². The molecule has 0 bridgehead atoms.